The fraction of sp³-hybridized carbons (Fsp3) is 0. The molecule has 1 N–H and O–H groups in total. The fourth-order valence-electron chi connectivity index (χ4n) is 1.25. The highest BCUT2D eigenvalue weighted by Gasteiger charge is 2.15. The van der Waals surface area contributed by atoms with E-state index in [0.29, 0.717) is 14.7 Å². The Balaban J connectivity index is 2.28. The lowest BCUT2D eigenvalue weighted by Gasteiger charge is -2.07. The Morgan fingerprint density at radius 2 is 2.06 bits per heavy atom. The Kier molecular flexibility index (Phi) is 3.63. The molecule has 0 bridgehead atoms. The fourth-order valence-corrected chi connectivity index (χ4v) is 2.12. The summed E-state index contributed by atoms with van der Waals surface area (Å²) in [5.41, 5.74) is 0.408. The molecule has 6 heteroatoms. The molecule has 0 spiro atoms. The van der Waals surface area contributed by atoms with Gasteiger partial charge in [0.2, 0.25) is 0 Å². The van der Waals surface area contributed by atoms with E-state index in [1.54, 1.807) is 12.1 Å². The first-order valence-corrected chi connectivity index (χ1v) is 6.16. The topological polar surface area (TPSA) is 42.2 Å². The van der Waals surface area contributed by atoms with Gasteiger partial charge in [0.1, 0.15) is 5.82 Å². The van der Waals surface area contributed by atoms with Crippen LogP contribution in [0.25, 0.3) is 0 Å². The number of rotatable bonds is 2. The monoisotopic (exact) mass is 361 g/mol. The Labute approximate surface area is 113 Å². The third kappa shape index (κ3) is 2.58. The van der Waals surface area contributed by atoms with Crippen molar-refractivity contribution in [2.24, 2.45) is 0 Å². The van der Waals surface area contributed by atoms with Crippen molar-refractivity contribution in [1.29, 1.82) is 0 Å². The molecule has 1 aromatic carbocycles. The number of furan rings is 1. The summed E-state index contributed by atoms with van der Waals surface area (Å²) >= 11 is 6.25. The van der Waals surface area contributed by atoms with Crippen molar-refractivity contribution in [1.82, 2.24) is 0 Å². The summed E-state index contributed by atoms with van der Waals surface area (Å²) in [5.74, 6) is -0.955. The van der Waals surface area contributed by atoms with E-state index in [1.807, 2.05) is 0 Å². The van der Waals surface area contributed by atoms with Crippen LogP contribution in [-0.4, -0.2) is 5.91 Å². The molecule has 0 aliphatic rings. The number of hydrogen-bond donors (Lipinski definition) is 1. The lowest BCUT2D eigenvalue weighted by Crippen LogP contribution is -2.13. The third-order valence-corrected chi connectivity index (χ3v) is 3.34. The molecule has 88 valence electrons. The van der Waals surface area contributed by atoms with Gasteiger partial charge in [-0.15, -0.1) is 0 Å². The lowest BCUT2D eigenvalue weighted by atomic mass is 10.2. The SMILES string of the molecule is O=C(Nc1c(F)cccc1Br)c1ccoc1Br. The summed E-state index contributed by atoms with van der Waals surface area (Å²) in [7, 11) is 0. The molecule has 0 saturated heterocycles. The molecule has 0 fully saturated rings. The smallest absolute Gasteiger partial charge is 0.260 e. The molecule has 2 rings (SSSR count). The van der Waals surface area contributed by atoms with Crippen LogP contribution in [0.15, 0.2) is 44.1 Å². The van der Waals surface area contributed by atoms with Gasteiger partial charge in [0, 0.05) is 4.47 Å². The minimum absolute atomic E-state index is 0.102. The van der Waals surface area contributed by atoms with Crippen molar-refractivity contribution >= 4 is 43.5 Å². The van der Waals surface area contributed by atoms with Crippen LogP contribution < -0.4 is 5.32 Å². The highest BCUT2D eigenvalue weighted by atomic mass is 79.9. The van der Waals surface area contributed by atoms with Gasteiger partial charge in [-0.3, -0.25) is 4.79 Å². The zero-order valence-electron chi connectivity index (χ0n) is 8.34. The molecule has 1 heterocycles. The third-order valence-electron chi connectivity index (χ3n) is 2.06. The van der Waals surface area contributed by atoms with Gasteiger partial charge in [-0.2, -0.15) is 0 Å². The number of hydrogen-bond acceptors (Lipinski definition) is 2. The molecule has 1 amide bonds. The number of para-hydroxylation sites is 1. The van der Waals surface area contributed by atoms with Crippen LogP contribution in [0, 0.1) is 5.82 Å². The van der Waals surface area contributed by atoms with E-state index in [4.69, 9.17) is 4.42 Å². The maximum Gasteiger partial charge on any atom is 0.260 e. The summed E-state index contributed by atoms with van der Waals surface area (Å²) in [5, 5.41) is 2.47. The van der Waals surface area contributed by atoms with Crippen LogP contribution in [0.1, 0.15) is 10.4 Å². The van der Waals surface area contributed by atoms with E-state index in [2.05, 4.69) is 37.2 Å². The summed E-state index contributed by atoms with van der Waals surface area (Å²) in [4.78, 5) is 11.8. The predicted molar refractivity (Wildman–Crippen MR) is 68.5 cm³/mol. The first kappa shape index (κ1) is 12.3. The first-order chi connectivity index (χ1) is 8.09. The molecule has 0 aliphatic carbocycles. The van der Waals surface area contributed by atoms with Gasteiger partial charge in [-0.05, 0) is 50.1 Å². The van der Waals surface area contributed by atoms with Crippen LogP contribution in [0.3, 0.4) is 0 Å². The molecule has 17 heavy (non-hydrogen) atoms. The van der Waals surface area contributed by atoms with Crippen molar-refractivity contribution in [2.75, 3.05) is 5.32 Å². The molecule has 2 aromatic rings. The molecular weight excluding hydrogens is 357 g/mol. The molecule has 0 radical (unpaired) electrons. The average Bonchev–Trinajstić information content (AvgIpc) is 2.70. The van der Waals surface area contributed by atoms with Gasteiger partial charge in [-0.1, -0.05) is 6.07 Å². The van der Waals surface area contributed by atoms with E-state index in [0.717, 1.165) is 0 Å². The highest BCUT2D eigenvalue weighted by Crippen LogP contribution is 2.26. The molecular formula is C11H6Br2FNO2. The Morgan fingerprint density at radius 1 is 1.29 bits per heavy atom. The summed E-state index contributed by atoms with van der Waals surface area (Å²) < 4.78 is 19.2. The van der Waals surface area contributed by atoms with Gasteiger partial charge in [0.05, 0.1) is 17.5 Å². The van der Waals surface area contributed by atoms with E-state index in [1.165, 1.54) is 18.4 Å². The second kappa shape index (κ2) is 5.01. The van der Waals surface area contributed by atoms with Crippen LogP contribution in [-0.2, 0) is 0 Å². The average molecular weight is 363 g/mol. The van der Waals surface area contributed by atoms with Crippen molar-refractivity contribution in [3.63, 3.8) is 0 Å². The van der Waals surface area contributed by atoms with Gasteiger partial charge >= 0.3 is 0 Å². The minimum atomic E-state index is -0.507. The predicted octanol–water partition coefficient (Wildman–Crippen LogP) is 4.20. The van der Waals surface area contributed by atoms with Crippen LogP contribution in [0.4, 0.5) is 10.1 Å². The Hall–Kier alpha value is -1.14. The van der Waals surface area contributed by atoms with Crippen LogP contribution in [0.5, 0.6) is 0 Å². The maximum atomic E-state index is 13.5. The van der Waals surface area contributed by atoms with E-state index in [9.17, 15) is 9.18 Å². The number of nitrogens with one attached hydrogen (secondary N) is 1. The molecule has 0 aliphatic heterocycles. The second-order valence-corrected chi connectivity index (χ2v) is 4.73. The highest BCUT2D eigenvalue weighted by molar-refractivity contribution is 9.10. The summed E-state index contributed by atoms with van der Waals surface area (Å²) in [6.45, 7) is 0. The Bertz CT molecular complexity index is 548. The van der Waals surface area contributed by atoms with Crippen molar-refractivity contribution < 1.29 is 13.6 Å². The standard InChI is InChI=1S/C11H6Br2FNO2/c12-7-2-1-3-8(14)9(7)15-11(16)6-4-5-17-10(6)13/h1-5H,(H,15,16). The molecule has 3 nitrogen and oxygen atoms in total. The van der Waals surface area contributed by atoms with Gasteiger partial charge in [-0.25, -0.2) is 4.39 Å². The first-order valence-electron chi connectivity index (χ1n) is 4.58. The number of carbonyl (C=O) groups is 1. The maximum absolute atomic E-state index is 13.5. The zero-order chi connectivity index (χ0) is 12.4. The molecule has 0 saturated carbocycles. The normalized spacial score (nSPS) is 10.3. The molecule has 1 aromatic heterocycles. The van der Waals surface area contributed by atoms with E-state index in [-0.39, 0.29) is 5.69 Å². The van der Waals surface area contributed by atoms with Gasteiger partial charge in [0.25, 0.3) is 5.91 Å². The second-order valence-electron chi connectivity index (χ2n) is 3.16. The minimum Gasteiger partial charge on any atom is -0.457 e. The van der Waals surface area contributed by atoms with Crippen LogP contribution >= 0.6 is 31.9 Å². The van der Waals surface area contributed by atoms with Crippen molar-refractivity contribution in [2.45, 2.75) is 0 Å². The largest absolute Gasteiger partial charge is 0.457 e. The van der Waals surface area contributed by atoms with E-state index < -0.39 is 11.7 Å². The molecule has 0 atom stereocenters. The summed E-state index contributed by atoms with van der Waals surface area (Å²) in [6.07, 6.45) is 1.37. The number of carbonyl (C=O) groups excluding carboxylic acids is 1. The number of amides is 1. The quantitative estimate of drug-likeness (QED) is 0.870. The van der Waals surface area contributed by atoms with Crippen molar-refractivity contribution in [3.8, 4) is 0 Å². The van der Waals surface area contributed by atoms with Gasteiger partial charge < -0.3 is 9.73 Å². The van der Waals surface area contributed by atoms with Crippen LogP contribution in [0.2, 0.25) is 0 Å². The summed E-state index contributed by atoms with van der Waals surface area (Å²) in [6, 6.07) is 5.95. The van der Waals surface area contributed by atoms with Gasteiger partial charge in [0.15, 0.2) is 4.67 Å². The van der Waals surface area contributed by atoms with Crippen molar-refractivity contribution in [3.05, 3.63) is 51.1 Å². The molecule has 0 unspecified atom stereocenters. The Morgan fingerprint density at radius 3 is 2.65 bits per heavy atom. The number of halogens is 3. The van der Waals surface area contributed by atoms with E-state index >= 15 is 0 Å². The lowest BCUT2D eigenvalue weighted by molar-refractivity contribution is 0.102. The zero-order valence-corrected chi connectivity index (χ0v) is 11.5. The number of benzene rings is 1. The number of anilines is 1.